The maximum absolute atomic E-state index is 12.6. The number of thioether (sulfide) groups is 1. The van der Waals surface area contributed by atoms with Crippen LogP contribution in [-0.4, -0.2) is 18.8 Å². The Labute approximate surface area is 145 Å². The highest BCUT2D eigenvalue weighted by atomic mass is 33.1. The molecule has 118 valence electrons. The zero-order chi connectivity index (χ0) is 16.3. The summed E-state index contributed by atoms with van der Waals surface area (Å²) < 4.78 is 0.0172. The molecule has 0 bridgehead atoms. The van der Waals surface area contributed by atoms with E-state index in [9.17, 15) is 4.79 Å². The second-order valence-electron chi connectivity index (χ2n) is 8.66. The summed E-state index contributed by atoms with van der Waals surface area (Å²) in [6.45, 7) is 17.6. The third-order valence-electron chi connectivity index (χ3n) is 6.13. The van der Waals surface area contributed by atoms with Gasteiger partial charge in [0, 0.05) is 26.5 Å². The van der Waals surface area contributed by atoms with Crippen LogP contribution in [0.5, 0.6) is 0 Å². The summed E-state index contributed by atoms with van der Waals surface area (Å²) in [6, 6.07) is 0. The summed E-state index contributed by atoms with van der Waals surface area (Å²) in [4.78, 5) is 13.8. The molecule has 1 nitrogen and oxygen atoms in total. The fourth-order valence-electron chi connectivity index (χ4n) is 4.88. The molecule has 3 fully saturated rings. The van der Waals surface area contributed by atoms with Crippen LogP contribution in [-0.2, 0) is 4.79 Å². The zero-order valence-electron chi connectivity index (χ0n) is 14.0. The summed E-state index contributed by atoms with van der Waals surface area (Å²) in [7, 11) is 3.92. The van der Waals surface area contributed by atoms with Gasteiger partial charge in [-0.3, -0.25) is 4.79 Å². The van der Waals surface area contributed by atoms with Gasteiger partial charge in [0.05, 0.1) is 8.16 Å². The van der Waals surface area contributed by atoms with Crippen molar-refractivity contribution in [3.63, 3.8) is 0 Å². The monoisotopic (exact) mass is 360 g/mol. The Morgan fingerprint density at radius 1 is 0.714 bits per heavy atom. The number of carbonyl (C=O) groups excluding carboxylic acids is 1. The maximum Gasteiger partial charge on any atom is 0.148 e. The third-order valence-corrected chi connectivity index (χ3v) is 15.7. The van der Waals surface area contributed by atoms with Gasteiger partial charge in [-0.05, 0) is 0 Å². The summed E-state index contributed by atoms with van der Waals surface area (Å²) >= 11 is 7.77. The molecule has 0 amide bonds. The van der Waals surface area contributed by atoms with Gasteiger partial charge in [-0.15, -0.1) is 11.8 Å². The minimum absolute atomic E-state index is 0.0302. The van der Waals surface area contributed by atoms with Crippen molar-refractivity contribution in [3.05, 3.63) is 0 Å². The van der Waals surface area contributed by atoms with Crippen LogP contribution >= 0.6 is 45.6 Å². The van der Waals surface area contributed by atoms with E-state index in [0.29, 0.717) is 5.78 Å². The number of thiocarbonyl (C=S) groups is 1. The number of rotatable bonds is 0. The van der Waals surface area contributed by atoms with Gasteiger partial charge in [0.15, 0.2) is 0 Å². The number of carbonyl (C=O) groups is 1. The summed E-state index contributed by atoms with van der Waals surface area (Å²) in [5.74, 6) is 0.394. The molecule has 1 heterocycles. The zero-order valence-corrected chi connectivity index (χ0v) is 17.3. The van der Waals surface area contributed by atoms with Crippen LogP contribution in [0.4, 0.5) is 0 Å². The van der Waals surface area contributed by atoms with Gasteiger partial charge in [-0.25, -0.2) is 0 Å². The van der Waals surface area contributed by atoms with E-state index in [2.05, 4.69) is 55.4 Å². The molecule has 3 aliphatic rings. The predicted molar refractivity (Wildman–Crippen MR) is 101 cm³/mol. The minimum Gasteiger partial charge on any atom is -0.298 e. The molecule has 0 aromatic carbocycles. The molecule has 5 heteroatoms. The van der Waals surface area contributed by atoms with Gasteiger partial charge in [0.2, 0.25) is 0 Å². The first-order valence-corrected chi connectivity index (χ1v) is 10.8. The normalized spacial score (nSPS) is 35.6. The minimum atomic E-state index is -0.272. The molecule has 1 aliphatic heterocycles. The van der Waals surface area contributed by atoms with Crippen molar-refractivity contribution >= 4 is 56.2 Å². The van der Waals surface area contributed by atoms with E-state index >= 15 is 0 Å². The van der Waals surface area contributed by atoms with E-state index in [0.717, 1.165) is 0 Å². The highest BCUT2D eigenvalue weighted by Gasteiger charge is 2.84. The van der Waals surface area contributed by atoms with Crippen molar-refractivity contribution in [2.45, 2.75) is 63.5 Å². The molecule has 2 spiro atoms. The average Bonchev–Trinajstić information content (AvgIpc) is 2.82. The first-order chi connectivity index (χ1) is 9.22. The average molecular weight is 361 g/mol. The molecule has 3 rings (SSSR count). The highest BCUT2D eigenvalue weighted by molar-refractivity contribution is 8.84. The van der Waals surface area contributed by atoms with Crippen molar-refractivity contribution in [2.75, 3.05) is 0 Å². The largest absolute Gasteiger partial charge is 0.298 e. The van der Waals surface area contributed by atoms with Gasteiger partial charge >= 0.3 is 0 Å². The number of Topliss-reactive ketones (excluding diaryl/α,β-unsaturated/α-hetero) is 1. The first-order valence-electron chi connectivity index (χ1n) is 7.39. The van der Waals surface area contributed by atoms with Crippen molar-refractivity contribution in [2.24, 2.45) is 21.7 Å². The molecule has 21 heavy (non-hydrogen) atoms. The quantitative estimate of drug-likeness (QED) is 0.413. The Morgan fingerprint density at radius 2 is 1.05 bits per heavy atom. The third kappa shape index (κ3) is 1.35. The second kappa shape index (κ2) is 3.89. The van der Waals surface area contributed by atoms with E-state index in [1.54, 1.807) is 0 Å². The fraction of sp³-hybridized carbons (Fsp3) is 0.875. The first kappa shape index (κ1) is 16.7. The lowest BCUT2D eigenvalue weighted by molar-refractivity contribution is -0.152. The van der Waals surface area contributed by atoms with Gasteiger partial charge in [-0.2, -0.15) is 0 Å². The molecule has 2 saturated carbocycles. The number of hydrogen-bond acceptors (Lipinski definition) is 5. The van der Waals surface area contributed by atoms with E-state index in [1.165, 1.54) is 4.86 Å². The summed E-state index contributed by atoms with van der Waals surface area (Å²) in [6.07, 6.45) is 0. The Hall–Kier alpha value is 0.810. The van der Waals surface area contributed by atoms with Crippen molar-refractivity contribution in [1.82, 2.24) is 0 Å². The molecular formula is C16H24OS4. The van der Waals surface area contributed by atoms with Gasteiger partial charge in [-0.1, -0.05) is 89.2 Å². The van der Waals surface area contributed by atoms with Gasteiger partial charge in [0.1, 0.15) is 5.78 Å². The van der Waals surface area contributed by atoms with Crippen LogP contribution in [0.1, 0.15) is 55.4 Å². The Morgan fingerprint density at radius 3 is 1.43 bits per heavy atom. The van der Waals surface area contributed by atoms with Crippen molar-refractivity contribution < 1.29 is 4.79 Å². The number of hydrogen-bond donors (Lipinski definition) is 0. The van der Waals surface area contributed by atoms with Gasteiger partial charge in [0.25, 0.3) is 0 Å². The van der Waals surface area contributed by atoms with Crippen LogP contribution in [0.25, 0.3) is 0 Å². The summed E-state index contributed by atoms with van der Waals surface area (Å²) in [5.41, 5.74) is -0.484. The second-order valence-corrected chi connectivity index (χ2v) is 13.6. The molecule has 2 aliphatic carbocycles. The van der Waals surface area contributed by atoms with E-state index < -0.39 is 0 Å². The Balaban J connectivity index is 2.08. The molecular weight excluding hydrogens is 336 g/mol. The SMILES string of the molecule is CC1(C)C(=O)C(C)(C)C12SSC1(S2)C(C)(C)C(=S)C1(C)C. The Bertz CT molecular complexity index is 485. The Kier molecular flexibility index (Phi) is 3.09. The molecule has 0 radical (unpaired) electrons. The lowest BCUT2D eigenvalue weighted by Crippen LogP contribution is -2.73. The fourth-order valence-corrected chi connectivity index (χ4v) is 14.3. The maximum atomic E-state index is 12.6. The van der Waals surface area contributed by atoms with E-state index in [-0.39, 0.29) is 29.8 Å². The molecule has 1 saturated heterocycles. The van der Waals surface area contributed by atoms with E-state index in [4.69, 9.17) is 12.2 Å². The molecule has 0 aromatic heterocycles. The van der Waals surface area contributed by atoms with Crippen LogP contribution in [0.15, 0.2) is 0 Å². The topological polar surface area (TPSA) is 17.1 Å². The molecule has 0 atom stereocenters. The van der Waals surface area contributed by atoms with Crippen molar-refractivity contribution in [3.8, 4) is 0 Å². The summed E-state index contributed by atoms with van der Waals surface area (Å²) in [5, 5.41) is 0. The van der Waals surface area contributed by atoms with Gasteiger partial charge < -0.3 is 0 Å². The van der Waals surface area contributed by atoms with Crippen LogP contribution in [0, 0.1) is 21.7 Å². The highest BCUT2D eigenvalue weighted by Crippen LogP contribution is 2.89. The predicted octanol–water partition coefficient (Wildman–Crippen LogP) is 5.58. The van der Waals surface area contributed by atoms with Crippen LogP contribution in [0.2, 0.25) is 0 Å². The molecule has 0 unspecified atom stereocenters. The molecule has 0 aromatic rings. The lowest BCUT2D eigenvalue weighted by Gasteiger charge is -2.68. The number of ketones is 1. The van der Waals surface area contributed by atoms with Crippen molar-refractivity contribution in [1.29, 1.82) is 0 Å². The lowest BCUT2D eigenvalue weighted by atomic mass is 9.53. The standard InChI is InChI=1S/C16H24OS4/c1-11(2)9(17)12(3,4)15(11)19-16(21-20-15)13(5,6)10(18)14(16,7)8/h1-8H3. The van der Waals surface area contributed by atoms with Crippen LogP contribution < -0.4 is 0 Å². The molecule has 0 N–H and O–H groups in total. The van der Waals surface area contributed by atoms with E-state index in [1.807, 2.05) is 33.3 Å². The smallest absolute Gasteiger partial charge is 0.148 e. The van der Waals surface area contributed by atoms with Crippen LogP contribution in [0.3, 0.4) is 0 Å².